The molecule has 0 saturated carbocycles. The second-order valence-electron chi connectivity index (χ2n) is 9.74. The Kier molecular flexibility index (Phi) is 5.82. The van der Waals surface area contributed by atoms with Crippen molar-refractivity contribution in [3.63, 3.8) is 0 Å². The summed E-state index contributed by atoms with van der Waals surface area (Å²) in [5, 5.41) is 0. The van der Waals surface area contributed by atoms with E-state index in [4.69, 9.17) is 24.7 Å². The highest BCUT2D eigenvalue weighted by molar-refractivity contribution is 5.94. The molecule has 9 nitrogen and oxygen atoms in total. The van der Waals surface area contributed by atoms with Gasteiger partial charge in [0.15, 0.2) is 5.79 Å². The largest absolute Gasteiger partial charge is 0.461 e. The lowest BCUT2D eigenvalue weighted by Crippen LogP contribution is -2.45. The normalized spacial score (nSPS) is 29.7. The van der Waals surface area contributed by atoms with Crippen LogP contribution >= 0.6 is 0 Å². The molecule has 0 spiro atoms. The molecule has 0 bridgehead atoms. The van der Waals surface area contributed by atoms with Crippen LogP contribution in [0.5, 0.6) is 0 Å². The van der Waals surface area contributed by atoms with Crippen LogP contribution in [-0.4, -0.2) is 57.7 Å². The number of hydrogen-bond donors (Lipinski definition) is 2. The summed E-state index contributed by atoms with van der Waals surface area (Å²) in [5.74, 6) is -1.38. The fraction of sp³-hybridized carbons (Fsp3) is 0.727. The smallest absolute Gasteiger partial charge is 0.411 e. The number of anilines is 1. The summed E-state index contributed by atoms with van der Waals surface area (Å²) in [6, 6.07) is -0.925. The number of hydrogen-bond acceptors (Lipinski definition) is 7. The molecule has 2 saturated heterocycles. The molecule has 3 N–H and O–H groups in total. The fourth-order valence-corrected chi connectivity index (χ4v) is 4.79. The predicted molar refractivity (Wildman–Crippen MR) is 114 cm³/mol. The van der Waals surface area contributed by atoms with E-state index < -0.39 is 41.2 Å². The van der Waals surface area contributed by atoms with E-state index in [0.717, 1.165) is 0 Å². The highest BCUT2D eigenvalue weighted by Crippen LogP contribution is 2.56. The molecule has 3 heterocycles. The first-order chi connectivity index (χ1) is 14.3. The fourth-order valence-electron chi connectivity index (χ4n) is 4.79. The first-order valence-corrected chi connectivity index (χ1v) is 10.8. The molecule has 0 unspecified atom stereocenters. The number of rotatable bonds is 4. The molecule has 0 aliphatic carbocycles. The van der Waals surface area contributed by atoms with Gasteiger partial charge in [0, 0.05) is 11.8 Å². The Balaban J connectivity index is 2.12. The topological polar surface area (TPSA) is 116 Å². The van der Waals surface area contributed by atoms with Gasteiger partial charge in [-0.1, -0.05) is 6.92 Å². The lowest BCUT2D eigenvalue weighted by molar-refractivity contribution is -0.182. The third kappa shape index (κ3) is 4.01. The van der Waals surface area contributed by atoms with E-state index in [0.29, 0.717) is 12.0 Å². The van der Waals surface area contributed by atoms with E-state index in [1.807, 2.05) is 48.5 Å². The van der Waals surface area contributed by atoms with Crippen LogP contribution in [0.15, 0.2) is 6.20 Å². The third-order valence-electron chi connectivity index (χ3n) is 5.72. The number of amides is 1. The Labute approximate surface area is 183 Å². The average molecular weight is 438 g/mol. The number of esters is 1. The SMILES string of the molecule is CCOC(=O)c1[nH]cc([C@@H]2N(C(=O)OC(C)(C)C)[C@H](CC)[C@H]3OC(C)(C)O[C@]32C)c1N. The number of ether oxygens (including phenoxy) is 4. The van der Waals surface area contributed by atoms with Crippen LogP contribution in [0.3, 0.4) is 0 Å². The number of aromatic amines is 1. The summed E-state index contributed by atoms with van der Waals surface area (Å²) in [7, 11) is 0. The number of nitrogens with one attached hydrogen (secondary N) is 1. The number of carbonyl (C=O) groups excluding carboxylic acids is 2. The van der Waals surface area contributed by atoms with Gasteiger partial charge in [-0.3, -0.25) is 4.90 Å². The molecular formula is C22H35N3O6. The molecule has 1 aromatic heterocycles. The highest BCUT2D eigenvalue weighted by atomic mass is 16.8. The molecule has 31 heavy (non-hydrogen) atoms. The van der Waals surface area contributed by atoms with Crippen molar-refractivity contribution < 1.29 is 28.5 Å². The van der Waals surface area contributed by atoms with Crippen molar-refractivity contribution in [2.75, 3.05) is 12.3 Å². The van der Waals surface area contributed by atoms with Gasteiger partial charge in [-0.2, -0.15) is 0 Å². The average Bonchev–Trinajstić information content (AvgIpc) is 3.17. The zero-order valence-corrected chi connectivity index (χ0v) is 19.7. The van der Waals surface area contributed by atoms with Gasteiger partial charge in [0.1, 0.15) is 23.0 Å². The molecule has 2 fully saturated rings. The second-order valence-corrected chi connectivity index (χ2v) is 9.74. The maximum absolute atomic E-state index is 13.4. The van der Waals surface area contributed by atoms with E-state index in [1.165, 1.54) is 0 Å². The predicted octanol–water partition coefficient (Wildman–Crippen LogP) is 3.75. The van der Waals surface area contributed by atoms with Crippen LogP contribution in [-0.2, 0) is 18.9 Å². The maximum Gasteiger partial charge on any atom is 0.411 e. The molecule has 3 rings (SSSR count). The minimum absolute atomic E-state index is 0.152. The molecule has 9 heteroatoms. The van der Waals surface area contributed by atoms with Gasteiger partial charge in [0.2, 0.25) is 0 Å². The summed E-state index contributed by atoms with van der Waals surface area (Å²) in [5.41, 5.74) is 5.76. The zero-order valence-electron chi connectivity index (χ0n) is 19.7. The first kappa shape index (κ1) is 23.4. The molecule has 0 aromatic carbocycles. The van der Waals surface area contributed by atoms with E-state index in [1.54, 1.807) is 18.0 Å². The number of nitrogen functional groups attached to an aromatic ring is 1. The molecule has 2 aliphatic rings. The summed E-state index contributed by atoms with van der Waals surface area (Å²) in [4.78, 5) is 30.3. The molecule has 4 atom stereocenters. The van der Waals surface area contributed by atoms with Crippen molar-refractivity contribution >= 4 is 17.7 Å². The minimum Gasteiger partial charge on any atom is -0.461 e. The van der Waals surface area contributed by atoms with Crippen molar-refractivity contribution in [3.05, 3.63) is 17.5 Å². The highest BCUT2D eigenvalue weighted by Gasteiger charge is 2.67. The van der Waals surface area contributed by atoms with E-state index >= 15 is 0 Å². The quantitative estimate of drug-likeness (QED) is 0.689. The first-order valence-electron chi connectivity index (χ1n) is 10.8. The summed E-state index contributed by atoms with van der Waals surface area (Å²) < 4.78 is 23.5. The molecule has 0 radical (unpaired) electrons. The standard InChI is InChI=1S/C22H35N3O6/c1-9-13-17-22(8,31-21(6,7)29-17)16(25(13)19(27)30-20(3,4)5)12-11-24-15(14(12)23)18(26)28-10-2/h11,13,16-17,24H,9-10,23H2,1-8H3/t13-,16+,17-,22+/m1/s1. The van der Waals surface area contributed by atoms with Crippen molar-refractivity contribution in [1.29, 1.82) is 0 Å². The molecule has 1 amide bonds. The van der Waals surface area contributed by atoms with Gasteiger partial charge in [-0.15, -0.1) is 0 Å². The van der Waals surface area contributed by atoms with Gasteiger partial charge >= 0.3 is 12.1 Å². The molecule has 2 aliphatic heterocycles. The van der Waals surface area contributed by atoms with Gasteiger partial charge < -0.3 is 29.7 Å². The van der Waals surface area contributed by atoms with Crippen LogP contribution in [0.1, 0.15) is 83.9 Å². The zero-order chi connectivity index (χ0) is 23.4. The van der Waals surface area contributed by atoms with Crippen molar-refractivity contribution in [2.24, 2.45) is 0 Å². The Morgan fingerprint density at radius 2 is 1.90 bits per heavy atom. The van der Waals surface area contributed by atoms with Crippen molar-refractivity contribution in [3.8, 4) is 0 Å². The maximum atomic E-state index is 13.4. The van der Waals surface area contributed by atoms with Crippen molar-refractivity contribution in [2.45, 2.75) is 97.0 Å². The van der Waals surface area contributed by atoms with Crippen LogP contribution in [0.25, 0.3) is 0 Å². The molecular weight excluding hydrogens is 402 g/mol. The third-order valence-corrected chi connectivity index (χ3v) is 5.72. The Morgan fingerprint density at radius 3 is 2.45 bits per heavy atom. The van der Waals surface area contributed by atoms with Crippen LogP contribution in [0, 0.1) is 0 Å². The Hall–Kier alpha value is -2.26. The van der Waals surface area contributed by atoms with Gasteiger partial charge in [0.25, 0.3) is 0 Å². The number of fused-ring (bicyclic) bond motifs is 1. The molecule has 174 valence electrons. The van der Waals surface area contributed by atoms with Crippen LogP contribution in [0.2, 0.25) is 0 Å². The lowest BCUT2D eigenvalue weighted by atomic mass is 9.88. The Morgan fingerprint density at radius 1 is 1.26 bits per heavy atom. The number of aromatic nitrogens is 1. The van der Waals surface area contributed by atoms with Crippen LogP contribution < -0.4 is 5.73 Å². The summed E-state index contributed by atoms with van der Waals surface area (Å²) in [6.45, 7) is 15.0. The van der Waals surface area contributed by atoms with Gasteiger partial charge in [-0.25, -0.2) is 9.59 Å². The van der Waals surface area contributed by atoms with E-state index in [2.05, 4.69) is 4.98 Å². The van der Waals surface area contributed by atoms with Crippen LogP contribution in [0.4, 0.5) is 10.5 Å². The number of likely N-dealkylation sites (tertiary alicyclic amines) is 1. The summed E-state index contributed by atoms with van der Waals surface area (Å²) in [6.07, 6.45) is 1.39. The number of H-pyrrole nitrogens is 1. The minimum atomic E-state index is -0.899. The van der Waals surface area contributed by atoms with Gasteiger partial charge in [0.05, 0.1) is 24.4 Å². The lowest BCUT2D eigenvalue weighted by Gasteiger charge is -2.37. The molecule has 1 aromatic rings. The number of carbonyl (C=O) groups is 2. The number of nitrogens with two attached hydrogens (primary N) is 1. The monoisotopic (exact) mass is 437 g/mol. The Bertz CT molecular complexity index is 858. The van der Waals surface area contributed by atoms with Gasteiger partial charge in [-0.05, 0) is 54.9 Å². The van der Waals surface area contributed by atoms with E-state index in [-0.39, 0.29) is 24.0 Å². The van der Waals surface area contributed by atoms with E-state index in [9.17, 15) is 9.59 Å². The van der Waals surface area contributed by atoms with Crippen molar-refractivity contribution in [1.82, 2.24) is 9.88 Å². The number of nitrogens with zero attached hydrogens (tertiary/aromatic N) is 1. The summed E-state index contributed by atoms with van der Waals surface area (Å²) >= 11 is 0. The second kappa shape index (κ2) is 7.70.